The highest BCUT2D eigenvalue weighted by molar-refractivity contribution is 5.92. The van der Waals surface area contributed by atoms with Crippen LogP contribution in [-0.2, 0) is 5.41 Å². The Labute approximate surface area is 178 Å². The van der Waals surface area contributed by atoms with E-state index in [9.17, 15) is 35.1 Å². The van der Waals surface area contributed by atoms with Gasteiger partial charge in [0.1, 0.15) is 17.5 Å². The quantitative estimate of drug-likeness (QED) is 0.398. The number of nitrogens with one attached hydrogen (secondary N) is 1. The molecule has 0 aliphatic heterocycles. The van der Waals surface area contributed by atoms with E-state index in [1.807, 2.05) is 0 Å². The minimum Gasteiger partial charge on any atom is -0.327 e. The van der Waals surface area contributed by atoms with Crippen LogP contribution in [-0.4, -0.2) is 47.1 Å². The monoisotopic (exact) mass is 474 g/mol. The molecule has 0 saturated heterocycles. The van der Waals surface area contributed by atoms with Crippen LogP contribution < -0.4 is 11.1 Å². The van der Waals surface area contributed by atoms with E-state index >= 15 is 0 Å². The summed E-state index contributed by atoms with van der Waals surface area (Å²) >= 11 is 0. The molecule has 1 aromatic heterocycles. The minimum absolute atomic E-state index is 0.106. The van der Waals surface area contributed by atoms with E-state index in [0.29, 0.717) is 5.56 Å². The van der Waals surface area contributed by atoms with Gasteiger partial charge in [-0.3, -0.25) is 0 Å². The predicted octanol–water partition coefficient (Wildman–Crippen LogP) is 3.46. The fourth-order valence-corrected chi connectivity index (χ4v) is 3.67. The third-order valence-electron chi connectivity index (χ3n) is 5.53. The Hall–Kier alpha value is -2.28. The molecule has 0 aromatic carbocycles. The van der Waals surface area contributed by atoms with Crippen molar-refractivity contribution < 1.29 is 40.4 Å². The van der Waals surface area contributed by atoms with Crippen molar-refractivity contribution in [2.45, 2.75) is 49.9 Å². The summed E-state index contributed by atoms with van der Waals surface area (Å²) in [7, 11) is 1.19. The Morgan fingerprint density at radius 2 is 1.88 bits per heavy atom. The van der Waals surface area contributed by atoms with Crippen LogP contribution in [0.4, 0.5) is 35.1 Å². The average molecular weight is 474 g/mol. The summed E-state index contributed by atoms with van der Waals surface area (Å²) in [6, 6.07) is 0. The number of hydrogen-bond acceptors (Lipinski definition) is 3. The molecule has 32 heavy (non-hydrogen) atoms. The van der Waals surface area contributed by atoms with Crippen molar-refractivity contribution in [1.82, 2.24) is 9.78 Å². The van der Waals surface area contributed by atoms with Crippen molar-refractivity contribution in [3.8, 4) is 0 Å². The van der Waals surface area contributed by atoms with E-state index < -0.39 is 47.1 Å². The molecule has 0 amide bonds. The number of alkyl halides is 7. The smallest absolute Gasteiger partial charge is 0.327 e. The van der Waals surface area contributed by atoms with E-state index in [-0.39, 0.29) is 25.5 Å². The molecule has 0 fully saturated rings. The summed E-state index contributed by atoms with van der Waals surface area (Å²) in [6.45, 7) is 1.75. The third kappa shape index (κ3) is 4.72. The molecule has 1 aliphatic rings. The lowest BCUT2D eigenvalue weighted by Crippen LogP contribution is -2.86. The Kier molecular flexibility index (Phi) is 6.96. The van der Waals surface area contributed by atoms with Gasteiger partial charge in [0, 0.05) is 30.6 Å². The largest absolute Gasteiger partial charge is 0.459 e. The number of nitrogens with zero attached hydrogens (tertiary/aromatic N) is 2. The van der Waals surface area contributed by atoms with Gasteiger partial charge in [-0.2, -0.15) is 27.1 Å². The first kappa shape index (κ1) is 26.0. The molecule has 1 aliphatic carbocycles. The second-order valence-corrected chi connectivity index (χ2v) is 8.00. The van der Waals surface area contributed by atoms with Crippen molar-refractivity contribution >= 4 is 5.71 Å². The summed E-state index contributed by atoms with van der Waals surface area (Å²) in [5.74, 6) is -13.2. The molecule has 0 saturated carbocycles. The van der Waals surface area contributed by atoms with Crippen LogP contribution in [0.15, 0.2) is 35.9 Å². The van der Waals surface area contributed by atoms with Gasteiger partial charge >= 0.3 is 12.1 Å². The lowest BCUT2D eigenvalue weighted by molar-refractivity contribution is -0.695. The van der Waals surface area contributed by atoms with E-state index in [4.69, 9.17) is 11.1 Å². The fourth-order valence-electron chi connectivity index (χ4n) is 3.67. The zero-order valence-electron chi connectivity index (χ0n) is 17.5. The number of quaternary nitrogens is 1. The first-order valence-corrected chi connectivity index (χ1v) is 9.52. The first-order chi connectivity index (χ1) is 14.5. The molecule has 3 unspecified atom stereocenters. The average Bonchev–Trinajstić information content (AvgIpc) is 3.16. The van der Waals surface area contributed by atoms with Gasteiger partial charge in [0.2, 0.25) is 0 Å². The fraction of sp³-hybridized carbons (Fsp3) is 0.579. The van der Waals surface area contributed by atoms with Crippen molar-refractivity contribution in [2.75, 3.05) is 13.6 Å². The van der Waals surface area contributed by atoms with E-state index in [1.165, 1.54) is 31.6 Å². The second kappa shape index (κ2) is 8.58. The lowest BCUT2D eigenvalue weighted by Gasteiger charge is -2.33. The summed E-state index contributed by atoms with van der Waals surface area (Å²) < 4.78 is 109. The molecule has 180 valence electrons. The summed E-state index contributed by atoms with van der Waals surface area (Å²) in [5, 5.41) is 12.2. The van der Waals surface area contributed by atoms with E-state index in [1.54, 1.807) is 6.92 Å². The highest BCUT2D eigenvalue weighted by atomic mass is 19.4. The molecule has 3 atom stereocenters. The number of nitrogens with two attached hydrogens (primary N) is 2. The molecule has 0 bridgehead atoms. The van der Waals surface area contributed by atoms with Crippen LogP contribution >= 0.6 is 0 Å². The van der Waals surface area contributed by atoms with Gasteiger partial charge < -0.3 is 16.5 Å². The van der Waals surface area contributed by atoms with Gasteiger partial charge in [0.25, 0.3) is 5.92 Å². The Bertz CT molecular complexity index is 912. The van der Waals surface area contributed by atoms with Crippen LogP contribution in [0, 0.1) is 11.3 Å². The zero-order chi connectivity index (χ0) is 24.7. The Morgan fingerprint density at radius 3 is 2.34 bits per heavy atom. The molecule has 0 radical (unpaired) electrons. The molecule has 0 spiro atoms. The Morgan fingerprint density at radius 1 is 1.28 bits per heavy atom. The van der Waals surface area contributed by atoms with Gasteiger partial charge in [-0.25, -0.2) is 17.9 Å². The number of rotatable bonds is 8. The highest BCUT2D eigenvalue weighted by Gasteiger charge is 2.66. The van der Waals surface area contributed by atoms with Gasteiger partial charge in [-0.1, -0.05) is 13.0 Å². The van der Waals surface area contributed by atoms with Crippen molar-refractivity contribution in [1.29, 1.82) is 5.41 Å². The lowest BCUT2D eigenvalue weighted by atomic mass is 9.76. The van der Waals surface area contributed by atoms with E-state index in [0.717, 1.165) is 10.00 Å². The van der Waals surface area contributed by atoms with Gasteiger partial charge in [-0.05, 0) is 18.1 Å². The number of hydrogen-bond donors (Lipinski definition) is 3. The van der Waals surface area contributed by atoms with Crippen LogP contribution in [0.5, 0.6) is 0 Å². The molecule has 2 rings (SSSR count). The topological polar surface area (TPSA) is 84.3 Å². The normalized spacial score (nSPS) is 22.2. The van der Waals surface area contributed by atoms with Crippen molar-refractivity contribution in [2.24, 2.45) is 11.7 Å². The number of allylic oxidation sites excluding steroid dienone is 2. The van der Waals surface area contributed by atoms with Crippen LogP contribution in [0.1, 0.15) is 32.0 Å². The summed E-state index contributed by atoms with van der Waals surface area (Å²) in [4.78, 5) is 0. The summed E-state index contributed by atoms with van der Waals surface area (Å²) in [6.07, 6.45) is -2.59. The maximum Gasteiger partial charge on any atom is 0.459 e. The molecule has 5 nitrogen and oxygen atoms in total. The first-order valence-electron chi connectivity index (χ1n) is 9.52. The molecule has 13 heteroatoms. The standard InChI is InChI=1S/C19H23F8N5/c1-16(5-4-12(20)10(6-16)7-28)11-8-31-32(9-11)15(30-3)13(17(2,21)22)14(29)18(23,24)19(25,26)27/h4,6,8-9,13,15,29-30H,5,7,28H2,1-3H3/p+1. The molecular formula is C19H24F8N5+. The molecule has 1 aromatic rings. The third-order valence-corrected chi connectivity index (χ3v) is 5.53. The van der Waals surface area contributed by atoms with E-state index in [2.05, 4.69) is 5.10 Å². The van der Waals surface area contributed by atoms with Crippen molar-refractivity contribution in [3.05, 3.63) is 41.5 Å². The van der Waals surface area contributed by atoms with Crippen LogP contribution in [0.25, 0.3) is 0 Å². The Balaban J connectivity index is 2.50. The predicted molar refractivity (Wildman–Crippen MR) is 100 cm³/mol. The zero-order valence-corrected chi connectivity index (χ0v) is 17.5. The van der Waals surface area contributed by atoms with Gasteiger partial charge in [0.15, 0.2) is 6.17 Å². The van der Waals surface area contributed by atoms with Gasteiger partial charge in [-0.15, -0.1) is 0 Å². The van der Waals surface area contributed by atoms with Gasteiger partial charge in [0.05, 0.1) is 13.2 Å². The highest BCUT2D eigenvalue weighted by Crippen LogP contribution is 2.43. The summed E-state index contributed by atoms with van der Waals surface area (Å²) in [5.41, 5.74) is 2.78. The SMILES string of the molecule is C[NH2+]C(C(C(=N)C(F)(F)C(F)(F)F)C(C)(F)F)n1cc(C2(C)C=C(CN)C(F)=CC2)cn1. The van der Waals surface area contributed by atoms with Crippen LogP contribution in [0.3, 0.4) is 0 Å². The maximum atomic E-state index is 14.3. The van der Waals surface area contributed by atoms with Crippen molar-refractivity contribution in [3.63, 3.8) is 0 Å². The molecule has 5 N–H and O–H groups in total. The number of halogens is 8. The van der Waals surface area contributed by atoms with Crippen LogP contribution in [0.2, 0.25) is 0 Å². The molecule has 1 heterocycles. The minimum atomic E-state index is -6.21. The molecular weight excluding hydrogens is 450 g/mol. The second-order valence-electron chi connectivity index (χ2n) is 8.00. The number of aromatic nitrogens is 2. The maximum absolute atomic E-state index is 14.3.